The topological polar surface area (TPSA) is 40.0 Å². The predicted octanol–water partition coefficient (Wildman–Crippen LogP) is 6.12. The summed E-state index contributed by atoms with van der Waals surface area (Å²) in [6.45, 7) is 6.35. The highest BCUT2D eigenvalue weighted by Crippen LogP contribution is 2.20. The Morgan fingerprint density at radius 2 is 1.76 bits per heavy atom. The molecule has 0 saturated carbocycles. The van der Waals surface area contributed by atoms with Crippen LogP contribution in [-0.2, 0) is 4.74 Å². The van der Waals surface area contributed by atoms with Gasteiger partial charge in [-0.2, -0.15) is 0 Å². The summed E-state index contributed by atoms with van der Waals surface area (Å²) in [5.41, 5.74) is 3.15. The zero-order valence-electron chi connectivity index (χ0n) is 17.5. The van der Waals surface area contributed by atoms with Crippen molar-refractivity contribution in [2.24, 2.45) is 4.99 Å². The molecular weight excluding hydrogens is 362 g/mol. The van der Waals surface area contributed by atoms with Crippen LogP contribution in [0.3, 0.4) is 0 Å². The van der Waals surface area contributed by atoms with E-state index in [-0.39, 0.29) is 6.10 Å². The van der Waals surface area contributed by atoms with Crippen LogP contribution in [0.15, 0.2) is 65.2 Å². The van der Waals surface area contributed by atoms with Gasteiger partial charge in [0, 0.05) is 6.21 Å². The number of unbranched alkanes of at least 4 members (excludes halogenated alkanes) is 3. The Kier molecular flexibility index (Phi) is 8.32. The quantitative estimate of drug-likeness (QED) is 0.277. The van der Waals surface area contributed by atoms with Crippen molar-refractivity contribution in [3.05, 3.63) is 65.7 Å². The van der Waals surface area contributed by atoms with E-state index >= 15 is 0 Å². The van der Waals surface area contributed by atoms with E-state index in [1.54, 1.807) is 0 Å². The van der Waals surface area contributed by atoms with E-state index in [2.05, 4.69) is 24.9 Å². The van der Waals surface area contributed by atoms with Crippen molar-refractivity contribution in [1.82, 2.24) is 0 Å². The molecule has 0 saturated heterocycles. The number of rotatable bonds is 10. The standard InChI is InChI=1S/C25H31NO3/c1-3-4-5-6-16-28-23-13-9-22(10-14-23)26-18-21-7-11-24(12-8-21)29-25-19-27-17-15-20(25)2/h7-15,18,25H,3-6,16-17,19H2,1-2H3. The van der Waals surface area contributed by atoms with Crippen LogP contribution in [0.1, 0.15) is 45.1 Å². The van der Waals surface area contributed by atoms with Gasteiger partial charge in [0.15, 0.2) is 0 Å². The molecule has 4 heteroatoms. The van der Waals surface area contributed by atoms with Gasteiger partial charge in [-0.1, -0.05) is 32.3 Å². The van der Waals surface area contributed by atoms with E-state index in [1.165, 1.54) is 24.8 Å². The Labute approximate surface area is 174 Å². The zero-order valence-corrected chi connectivity index (χ0v) is 17.5. The second-order valence-electron chi connectivity index (χ2n) is 7.32. The van der Waals surface area contributed by atoms with Gasteiger partial charge in [0.25, 0.3) is 0 Å². The monoisotopic (exact) mass is 393 g/mol. The largest absolute Gasteiger partial charge is 0.494 e. The highest BCUT2D eigenvalue weighted by molar-refractivity contribution is 5.82. The average molecular weight is 394 g/mol. The summed E-state index contributed by atoms with van der Waals surface area (Å²) in [6, 6.07) is 15.9. The summed E-state index contributed by atoms with van der Waals surface area (Å²) in [7, 11) is 0. The molecule has 0 aromatic heterocycles. The fourth-order valence-electron chi connectivity index (χ4n) is 3.05. The van der Waals surface area contributed by atoms with Crippen molar-refractivity contribution in [2.75, 3.05) is 19.8 Å². The van der Waals surface area contributed by atoms with Crippen LogP contribution in [0.4, 0.5) is 5.69 Å². The second kappa shape index (κ2) is 11.4. The fourth-order valence-corrected chi connectivity index (χ4v) is 3.05. The van der Waals surface area contributed by atoms with Gasteiger partial charge in [0.1, 0.15) is 17.6 Å². The lowest BCUT2D eigenvalue weighted by atomic mass is 10.1. The Hall–Kier alpha value is -2.59. The maximum atomic E-state index is 6.00. The molecule has 0 radical (unpaired) electrons. The van der Waals surface area contributed by atoms with Crippen molar-refractivity contribution in [1.29, 1.82) is 0 Å². The molecule has 0 N–H and O–H groups in total. The Balaban J connectivity index is 1.48. The van der Waals surface area contributed by atoms with Gasteiger partial charge in [-0.05, 0) is 73.0 Å². The molecule has 0 spiro atoms. The van der Waals surface area contributed by atoms with E-state index in [0.29, 0.717) is 13.2 Å². The van der Waals surface area contributed by atoms with Crippen LogP contribution < -0.4 is 9.47 Å². The summed E-state index contributed by atoms with van der Waals surface area (Å²) >= 11 is 0. The number of hydrogen-bond acceptors (Lipinski definition) is 4. The number of ether oxygens (including phenoxy) is 3. The number of benzene rings is 2. The summed E-state index contributed by atoms with van der Waals surface area (Å²) in [6.07, 6.45) is 8.78. The number of nitrogens with zero attached hydrogens (tertiary/aromatic N) is 1. The van der Waals surface area contributed by atoms with Crippen LogP contribution >= 0.6 is 0 Å². The first-order valence-electron chi connectivity index (χ1n) is 10.5. The molecule has 1 aliphatic rings. The van der Waals surface area contributed by atoms with Crippen LogP contribution in [0.2, 0.25) is 0 Å². The van der Waals surface area contributed by atoms with Crippen LogP contribution in [0.25, 0.3) is 0 Å². The molecule has 0 aliphatic carbocycles. The SMILES string of the molecule is CCCCCCOc1ccc(N=Cc2ccc(OC3COCC=C3C)cc2)cc1. The van der Waals surface area contributed by atoms with Crippen LogP contribution in [-0.4, -0.2) is 32.1 Å². The van der Waals surface area contributed by atoms with Crippen LogP contribution in [0, 0.1) is 0 Å². The lowest BCUT2D eigenvalue weighted by Gasteiger charge is -2.23. The van der Waals surface area contributed by atoms with Gasteiger partial charge in [-0.15, -0.1) is 0 Å². The third-order valence-electron chi connectivity index (χ3n) is 4.92. The molecule has 4 nitrogen and oxygen atoms in total. The van der Waals surface area contributed by atoms with Gasteiger partial charge in [-0.3, -0.25) is 4.99 Å². The molecule has 1 heterocycles. The van der Waals surface area contributed by atoms with Gasteiger partial charge in [0.05, 0.1) is 25.5 Å². The lowest BCUT2D eigenvalue weighted by molar-refractivity contribution is 0.0681. The minimum Gasteiger partial charge on any atom is -0.494 e. The molecule has 0 amide bonds. The summed E-state index contributed by atoms with van der Waals surface area (Å²) in [5.74, 6) is 1.74. The van der Waals surface area contributed by atoms with Gasteiger partial charge in [-0.25, -0.2) is 0 Å². The summed E-state index contributed by atoms with van der Waals surface area (Å²) in [4.78, 5) is 4.55. The van der Waals surface area contributed by atoms with Crippen molar-refractivity contribution in [3.63, 3.8) is 0 Å². The molecule has 2 aromatic carbocycles. The first kappa shape index (κ1) is 21.1. The smallest absolute Gasteiger partial charge is 0.143 e. The molecule has 0 fully saturated rings. The highest BCUT2D eigenvalue weighted by Gasteiger charge is 2.16. The zero-order chi connectivity index (χ0) is 20.3. The van der Waals surface area contributed by atoms with E-state index in [4.69, 9.17) is 14.2 Å². The maximum Gasteiger partial charge on any atom is 0.143 e. The second-order valence-corrected chi connectivity index (χ2v) is 7.32. The fraction of sp³-hybridized carbons (Fsp3) is 0.400. The molecule has 2 aromatic rings. The molecule has 1 aliphatic heterocycles. The first-order valence-corrected chi connectivity index (χ1v) is 10.5. The maximum absolute atomic E-state index is 6.00. The molecule has 29 heavy (non-hydrogen) atoms. The van der Waals surface area contributed by atoms with E-state index in [0.717, 1.165) is 35.8 Å². The van der Waals surface area contributed by atoms with Crippen LogP contribution in [0.5, 0.6) is 11.5 Å². The average Bonchev–Trinajstić information content (AvgIpc) is 2.75. The van der Waals surface area contributed by atoms with Crippen molar-refractivity contribution < 1.29 is 14.2 Å². The summed E-state index contributed by atoms with van der Waals surface area (Å²) in [5, 5.41) is 0. The molecule has 0 bridgehead atoms. The Morgan fingerprint density at radius 3 is 2.48 bits per heavy atom. The Morgan fingerprint density at radius 1 is 1.00 bits per heavy atom. The molecule has 1 unspecified atom stereocenters. The number of hydrogen-bond donors (Lipinski definition) is 0. The third kappa shape index (κ3) is 7.06. The molecular formula is C25H31NO3. The van der Waals surface area contributed by atoms with Crippen molar-refractivity contribution >= 4 is 11.9 Å². The summed E-state index contributed by atoms with van der Waals surface area (Å²) < 4.78 is 17.2. The minimum atomic E-state index is -0.00403. The Bertz CT molecular complexity index is 794. The van der Waals surface area contributed by atoms with E-state index < -0.39 is 0 Å². The van der Waals surface area contributed by atoms with E-state index in [1.807, 2.05) is 54.7 Å². The lowest BCUT2D eigenvalue weighted by Crippen LogP contribution is -2.28. The third-order valence-corrected chi connectivity index (χ3v) is 4.92. The van der Waals surface area contributed by atoms with Gasteiger partial charge in [0.2, 0.25) is 0 Å². The van der Waals surface area contributed by atoms with Crippen molar-refractivity contribution in [3.8, 4) is 11.5 Å². The molecule has 154 valence electrons. The van der Waals surface area contributed by atoms with Crippen molar-refractivity contribution in [2.45, 2.75) is 45.6 Å². The normalized spacial score (nSPS) is 16.6. The van der Waals surface area contributed by atoms with Gasteiger partial charge >= 0.3 is 0 Å². The highest BCUT2D eigenvalue weighted by atomic mass is 16.5. The minimum absolute atomic E-state index is 0.00403. The predicted molar refractivity (Wildman–Crippen MR) is 119 cm³/mol. The number of aliphatic imine (C=N–C) groups is 1. The van der Waals surface area contributed by atoms with E-state index in [9.17, 15) is 0 Å². The van der Waals surface area contributed by atoms with Gasteiger partial charge < -0.3 is 14.2 Å². The molecule has 3 rings (SSSR count). The molecule has 1 atom stereocenters. The first-order chi connectivity index (χ1) is 14.2.